The second kappa shape index (κ2) is 4.09. The van der Waals surface area contributed by atoms with Crippen molar-refractivity contribution in [3.05, 3.63) is 65.7 Å². The minimum Gasteiger partial charge on any atom is -0.484 e. The number of benzene rings is 2. The molecule has 1 heterocycles. The molecule has 0 saturated carbocycles. The first kappa shape index (κ1) is 10.1. The molecule has 2 heteroatoms. The predicted molar refractivity (Wildman–Crippen MR) is 73.0 cm³/mol. The highest BCUT2D eigenvalue weighted by atomic mass is 127. The van der Waals surface area contributed by atoms with Crippen molar-refractivity contribution in [3.63, 3.8) is 0 Å². The Morgan fingerprint density at radius 3 is 2.31 bits per heavy atom. The molecule has 1 nitrogen and oxygen atoms in total. The molecule has 0 saturated heterocycles. The minimum atomic E-state index is 0.152. The molecular weight excluding hydrogens is 311 g/mol. The van der Waals surface area contributed by atoms with E-state index in [1.54, 1.807) is 0 Å². The number of halogens is 1. The molecule has 0 fully saturated rings. The molecule has 2 aromatic carbocycles. The first-order valence-electron chi connectivity index (χ1n) is 5.31. The van der Waals surface area contributed by atoms with Crippen LogP contribution in [0.2, 0.25) is 0 Å². The number of para-hydroxylation sites is 1. The summed E-state index contributed by atoms with van der Waals surface area (Å²) in [5, 5.41) is 0. The second-order valence-electron chi connectivity index (χ2n) is 3.89. The molecule has 0 radical (unpaired) electrons. The van der Waals surface area contributed by atoms with Gasteiger partial charge in [-0.1, -0.05) is 71.1 Å². The van der Waals surface area contributed by atoms with E-state index in [9.17, 15) is 0 Å². The maximum Gasteiger partial charge on any atom is 0.140 e. The van der Waals surface area contributed by atoms with Crippen LogP contribution in [0.15, 0.2) is 54.6 Å². The topological polar surface area (TPSA) is 9.23 Å². The second-order valence-corrected chi connectivity index (χ2v) is 5.23. The zero-order chi connectivity index (χ0) is 11.0. The lowest BCUT2D eigenvalue weighted by molar-refractivity contribution is 0.240. The number of hydrogen-bond donors (Lipinski definition) is 0. The Morgan fingerprint density at radius 2 is 1.56 bits per heavy atom. The van der Waals surface area contributed by atoms with Gasteiger partial charge in [0, 0.05) is 5.56 Å². The van der Waals surface area contributed by atoms with Gasteiger partial charge in [-0.2, -0.15) is 0 Å². The van der Waals surface area contributed by atoms with E-state index in [4.69, 9.17) is 4.74 Å². The highest BCUT2D eigenvalue weighted by Gasteiger charge is 2.32. The Labute approximate surface area is 109 Å². The number of fused-ring (bicyclic) bond motifs is 1. The van der Waals surface area contributed by atoms with E-state index in [1.165, 1.54) is 11.1 Å². The third kappa shape index (κ3) is 1.61. The summed E-state index contributed by atoms with van der Waals surface area (Å²) in [5.74, 6) is 1.02. The molecule has 2 aromatic rings. The van der Waals surface area contributed by atoms with Crippen LogP contribution in [-0.4, -0.2) is 0 Å². The zero-order valence-corrected chi connectivity index (χ0v) is 10.8. The normalized spacial score (nSPS) is 22.6. The quantitative estimate of drug-likeness (QED) is 0.562. The van der Waals surface area contributed by atoms with Crippen LogP contribution >= 0.6 is 22.6 Å². The van der Waals surface area contributed by atoms with Crippen LogP contribution in [0.3, 0.4) is 0 Å². The van der Waals surface area contributed by atoms with E-state index in [2.05, 4.69) is 59.0 Å². The lowest BCUT2D eigenvalue weighted by atomic mass is 10.0. The fraction of sp³-hybridized carbons (Fsp3) is 0.143. The van der Waals surface area contributed by atoms with Crippen molar-refractivity contribution in [1.29, 1.82) is 0 Å². The monoisotopic (exact) mass is 322 g/mol. The molecule has 1 aliphatic rings. The van der Waals surface area contributed by atoms with Gasteiger partial charge < -0.3 is 4.74 Å². The van der Waals surface area contributed by atoms with E-state index < -0.39 is 0 Å². The fourth-order valence-corrected chi connectivity index (χ4v) is 3.13. The van der Waals surface area contributed by atoms with Crippen LogP contribution in [0.1, 0.15) is 21.2 Å². The average Bonchev–Trinajstić information content (AvgIpc) is 2.69. The van der Waals surface area contributed by atoms with Crippen molar-refractivity contribution in [3.8, 4) is 5.75 Å². The molecule has 3 rings (SSSR count). The van der Waals surface area contributed by atoms with E-state index in [0.29, 0.717) is 3.92 Å². The SMILES string of the molecule is I[C@@H]1c2ccccc2O[C@@H]1c1ccccc1. The first-order valence-corrected chi connectivity index (χ1v) is 6.55. The van der Waals surface area contributed by atoms with Gasteiger partial charge in [0.15, 0.2) is 0 Å². The standard InChI is InChI=1S/C14H11IO/c15-13-11-8-4-5-9-12(11)16-14(13)10-6-2-1-3-7-10/h1-9,13-14H/t13-,14-/m1/s1. The van der Waals surface area contributed by atoms with Crippen LogP contribution in [-0.2, 0) is 0 Å². The molecule has 0 bridgehead atoms. The van der Waals surface area contributed by atoms with E-state index in [0.717, 1.165) is 5.75 Å². The third-order valence-electron chi connectivity index (χ3n) is 2.86. The fourth-order valence-electron chi connectivity index (χ4n) is 2.06. The predicted octanol–water partition coefficient (Wildman–Crippen LogP) is 4.30. The summed E-state index contributed by atoms with van der Waals surface area (Å²) in [7, 11) is 0. The van der Waals surface area contributed by atoms with Crippen LogP contribution < -0.4 is 4.74 Å². The Morgan fingerprint density at radius 1 is 0.875 bits per heavy atom. The van der Waals surface area contributed by atoms with Crippen LogP contribution in [0, 0.1) is 0 Å². The highest BCUT2D eigenvalue weighted by molar-refractivity contribution is 14.1. The minimum absolute atomic E-state index is 0.152. The van der Waals surface area contributed by atoms with Crippen LogP contribution in [0.4, 0.5) is 0 Å². The Balaban J connectivity index is 1.99. The zero-order valence-electron chi connectivity index (χ0n) is 8.64. The van der Waals surface area contributed by atoms with Crippen molar-refractivity contribution in [2.45, 2.75) is 10.0 Å². The third-order valence-corrected chi connectivity index (χ3v) is 4.19. The average molecular weight is 322 g/mol. The molecule has 2 atom stereocenters. The molecule has 0 N–H and O–H groups in total. The molecule has 0 aliphatic carbocycles. The van der Waals surface area contributed by atoms with Crippen molar-refractivity contribution < 1.29 is 4.74 Å². The summed E-state index contributed by atoms with van der Waals surface area (Å²) in [5.41, 5.74) is 2.55. The highest BCUT2D eigenvalue weighted by Crippen LogP contribution is 2.49. The maximum atomic E-state index is 6.00. The van der Waals surface area contributed by atoms with Crippen molar-refractivity contribution in [2.75, 3.05) is 0 Å². The molecule has 80 valence electrons. The maximum absolute atomic E-state index is 6.00. The van der Waals surface area contributed by atoms with E-state index in [1.807, 2.05) is 18.2 Å². The molecule has 0 aromatic heterocycles. The summed E-state index contributed by atoms with van der Waals surface area (Å²) >= 11 is 2.46. The lowest BCUT2D eigenvalue weighted by Gasteiger charge is -2.14. The summed E-state index contributed by atoms with van der Waals surface area (Å²) in [6, 6.07) is 18.7. The Hall–Kier alpha value is -1.03. The number of hydrogen-bond acceptors (Lipinski definition) is 1. The smallest absolute Gasteiger partial charge is 0.140 e. The van der Waals surface area contributed by atoms with E-state index in [-0.39, 0.29) is 6.10 Å². The molecule has 1 aliphatic heterocycles. The number of alkyl halides is 1. The Kier molecular flexibility index (Phi) is 2.59. The summed E-state index contributed by atoms with van der Waals surface area (Å²) in [6.45, 7) is 0. The number of rotatable bonds is 1. The first-order chi connectivity index (χ1) is 7.86. The van der Waals surface area contributed by atoms with Gasteiger partial charge in [0.25, 0.3) is 0 Å². The molecule has 0 spiro atoms. The molecular formula is C14H11IO. The molecule has 0 unspecified atom stereocenters. The van der Waals surface area contributed by atoms with Gasteiger partial charge in [0.1, 0.15) is 11.9 Å². The largest absolute Gasteiger partial charge is 0.484 e. The van der Waals surface area contributed by atoms with Gasteiger partial charge in [0.2, 0.25) is 0 Å². The van der Waals surface area contributed by atoms with Crippen molar-refractivity contribution in [1.82, 2.24) is 0 Å². The van der Waals surface area contributed by atoms with Gasteiger partial charge >= 0.3 is 0 Å². The van der Waals surface area contributed by atoms with Crippen LogP contribution in [0.25, 0.3) is 0 Å². The Bertz CT molecular complexity index is 495. The summed E-state index contributed by atoms with van der Waals surface area (Å²) in [4.78, 5) is 0. The lowest BCUT2D eigenvalue weighted by Crippen LogP contribution is -2.04. The van der Waals surface area contributed by atoms with Crippen LogP contribution in [0.5, 0.6) is 5.75 Å². The number of ether oxygens (including phenoxy) is 1. The van der Waals surface area contributed by atoms with Gasteiger partial charge in [-0.05, 0) is 11.6 Å². The van der Waals surface area contributed by atoms with Gasteiger partial charge in [-0.15, -0.1) is 0 Å². The van der Waals surface area contributed by atoms with Gasteiger partial charge in [-0.25, -0.2) is 0 Å². The molecule has 0 amide bonds. The van der Waals surface area contributed by atoms with E-state index >= 15 is 0 Å². The van der Waals surface area contributed by atoms with Gasteiger partial charge in [0.05, 0.1) is 3.92 Å². The summed E-state index contributed by atoms with van der Waals surface area (Å²) < 4.78 is 6.40. The van der Waals surface area contributed by atoms with Gasteiger partial charge in [-0.3, -0.25) is 0 Å². The molecule has 16 heavy (non-hydrogen) atoms. The van der Waals surface area contributed by atoms with Crippen molar-refractivity contribution in [2.24, 2.45) is 0 Å². The van der Waals surface area contributed by atoms with Crippen molar-refractivity contribution >= 4 is 22.6 Å². The summed E-state index contributed by atoms with van der Waals surface area (Å²) in [6.07, 6.45) is 0.152.